The Labute approximate surface area is 130 Å². The van der Waals surface area contributed by atoms with Gasteiger partial charge in [-0.25, -0.2) is 0 Å². The average molecular weight is 309 g/mol. The first-order chi connectivity index (χ1) is 9.95. The molecule has 2 rings (SSSR count). The second-order valence-electron chi connectivity index (χ2n) is 5.56. The summed E-state index contributed by atoms with van der Waals surface area (Å²) in [5.41, 5.74) is 0.928. The number of amides is 2. The van der Waals surface area contributed by atoms with E-state index in [0.717, 1.165) is 5.56 Å². The van der Waals surface area contributed by atoms with E-state index in [2.05, 4.69) is 0 Å². The predicted octanol–water partition coefficient (Wildman–Crippen LogP) is 2.73. The van der Waals surface area contributed by atoms with Gasteiger partial charge < -0.3 is 9.80 Å². The summed E-state index contributed by atoms with van der Waals surface area (Å²) in [6.07, 6.45) is 1.01. The zero-order valence-corrected chi connectivity index (χ0v) is 13.4. The number of piperidine rings is 1. The molecule has 0 unspecified atom stereocenters. The molecule has 1 fully saturated rings. The highest BCUT2D eigenvalue weighted by atomic mass is 35.5. The minimum atomic E-state index is -0.232. The number of carbonyl (C=O) groups excluding carboxylic acids is 2. The van der Waals surface area contributed by atoms with E-state index >= 15 is 0 Å². The van der Waals surface area contributed by atoms with Crippen LogP contribution in [-0.2, 0) is 9.59 Å². The molecule has 1 aromatic rings. The zero-order valence-electron chi connectivity index (χ0n) is 12.7. The van der Waals surface area contributed by atoms with Crippen molar-refractivity contribution in [3.63, 3.8) is 0 Å². The van der Waals surface area contributed by atoms with Gasteiger partial charge in [0.2, 0.25) is 11.8 Å². The van der Waals surface area contributed by atoms with Crippen molar-refractivity contribution < 1.29 is 9.59 Å². The Balaban J connectivity index is 2.44. The van der Waals surface area contributed by atoms with Gasteiger partial charge in [-0.05, 0) is 31.0 Å². The lowest BCUT2D eigenvalue weighted by molar-refractivity contribution is -0.146. The van der Waals surface area contributed by atoms with Crippen LogP contribution in [-0.4, -0.2) is 42.3 Å². The second kappa shape index (κ2) is 6.48. The van der Waals surface area contributed by atoms with Crippen LogP contribution in [0.25, 0.3) is 0 Å². The third-order valence-corrected chi connectivity index (χ3v) is 4.23. The molecule has 5 heteroatoms. The first-order valence-electron chi connectivity index (χ1n) is 7.21. The van der Waals surface area contributed by atoms with Gasteiger partial charge in [0.15, 0.2) is 0 Å². The maximum atomic E-state index is 12.5. The molecule has 1 heterocycles. The van der Waals surface area contributed by atoms with E-state index in [1.54, 1.807) is 30.0 Å². The summed E-state index contributed by atoms with van der Waals surface area (Å²) in [4.78, 5) is 28.1. The van der Waals surface area contributed by atoms with E-state index in [1.807, 2.05) is 25.1 Å². The van der Waals surface area contributed by atoms with Crippen LogP contribution in [0, 0.1) is 5.92 Å². The Hall–Kier alpha value is -1.55. The fraction of sp³-hybridized carbons (Fsp3) is 0.500. The summed E-state index contributed by atoms with van der Waals surface area (Å²) in [6, 6.07) is 7.22. The van der Waals surface area contributed by atoms with Crippen LogP contribution in [0.1, 0.15) is 31.4 Å². The van der Waals surface area contributed by atoms with Crippen molar-refractivity contribution in [1.82, 2.24) is 9.80 Å². The topological polar surface area (TPSA) is 40.6 Å². The normalized spacial score (nSPS) is 22.3. The number of rotatable bonds is 3. The number of halogens is 1. The Bertz CT molecular complexity index is 545. The molecule has 2 amide bonds. The summed E-state index contributed by atoms with van der Waals surface area (Å²) in [7, 11) is 3.51. The molecular formula is C16H21ClN2O2. The quantitative estimate of drug-likeness (QED) is 0.861. The molecule has 1 aliphatic rings. The van der Waals surface area contributed by atoms with E-state index < -0.39 is 0 Å². The highest BCUT2D eigenvalue weighted by Gasteiger charge is 2.40. The van der Waals surface area contributed by atoms with E-state index in [1.165, 1.54) is 0 Å². The molecule has 1 saturated heterocycles. The lowest BCUT2D eigenvalue weighted by Crippen LogP contribution is -2.47. The van der Waals surface area contributed by atoms with Gasteiger partial charge in [0.1, 0.15) is 0 Å². The number of hydrogen-bond donors (Lipinski definition) is 0. The number of carbonyl (C=O) groups is 2. The molecule has 1 aliphatic heterocycles. The van der Waals surface area contributed by atoms with Gasteiger partial charge in [-0.1, -0.05) is 23.7 Å². The lowest BCUT2D eigenvalue weighted by atomic mass is 9.83. The van der Waals surface area contributed by atoms with Crippen LogP contribution in [0.15, 0.2) is 24.3 Å². The van der Waals surface area contributed by atoms with Crippen molar-refractivity contribution in [3.05, 3.63) is 34.9 Å². The smallest absolute Gasteiger partial charge is 0.227 e. The zero-order chi connectivity index (χ0) is 15.6. The molecule has 0 spiro atoms. The third-order valence-electron chi connectivity index (χ3n) is 4.00. The van der Waals surface area contributed by atoms with Crippen molar-refractivity contribution >= 4 is 23.4 Å². The number of nitrogens with zero attached hydrogens (tertiary/aromatic N) is 2. The molecule has 4 nitrogen and oxygen atoms in total. The number of likely N-dealkylation sites (tertiary alicyclic amines) is 1. The van der Waals surface area contributed by atoms with Gasteiger partial charge in [0, 0.05) is 32.1 Å². The average Bonchev–Trinajstić information content (AvgIpc) is 2.46. The fourth-order valence-electron chi connectivity index (χ4n) is 3.02. The largest absolute Gasteiger partial charge is 0.349 e. The molecule has 0 aromatic heterocycles. The molecule has 0 bridgehead atoms. The lowest BCUT2D eigenvalue weighted by Gasteiger charge is -2.41. The first-order valence-corrected chi connectivity index (χ1v) is 7.59. The summed E-state index contributed by atoms with van der Waals surface area (Å²) >= 11 is 6.08. The van der Waals surface area contributed by atoms with Crippen LogP contribution >= 0.6 is 11.6 Å². The first kappa shape index (κ1) is 15.8. The van der Waals surface area contributed by atoms with Crippen molar-refractivity contribution in [1.29, 1.82) is 0 Å². The van der Waals surface area contributed by atoms with Gasteiger partial charge in [0.25, 0.3) is 0 Å². The van der Waals surface area contributed by atoms with Crippen molar-refractivity contribution in [2.24, 2.45) is 5.92 Å². The van der Waals surface area contributed by atoms with Gasteiger partial charge in [-0.3, -0.25) is 9.59 Å². The van der Waals surface area contributed by atoms with E-state index in [-0.39, 0.29) is 23.8 Å². The van der Waals surface area contributed by atoms with Gasteiger partial charge in [0.05, 0.1) is 12.0 Å². The van der Waals surface area contributed by atoms with Gasteiger partial charge in [-0.2, -0.15) is 0 Å². The molecule has 0 aliphatic carbocycles. The molecule has 2 atom stereocenters. The van der Waals surface area contributed by atoms with Crippen molar-refractivity contribution in [2.75, 3.05) is 20.6 Å². The van der Waals surface area contributed by atoms with Crippen LogP contribution in [0.3, 0.4) is 0 Å². The molecule has 0 saturated carbocycles. The third kappa shape index (κ3) is 3.21. The molecular weight excluding hydrogens is 288 g/mol. The molecule has 21 heavy (non-hydrogen) atoms. The highest BCUT2D eigenvalue weighted by Crippen LogP contribution is 2.38. The maximum Gasteiger partial charge on any atom is 0.227 e. The van der Waals surface area contributed by atoms with Crippen LogP contribution < -0.4 is 0 Å². The summed E-state index contributed by atoms with van der Waals surface area (Å²) < 4.78 is 0. The van der Waals surface area contributed by atoms with E-state index in [9.17, 15) is 9.59 Å². The SMILES string of the molecule is CCN1C(=O)CC[C@@H](C(=O)N(C)C)[C@@H]1c1cccc(Cl)c1. The number of benzene rings is 1. The van der Waals surface area contributed by atoms with Crippen LogP contribution in [0.2, 0.25) is 5.02 Å². The van der Waals surface area contributed by atoms with E-state index in [0.29, 0.717) is 24.4 Å². The predicted molar refractivity (Wildman–Crippen MR) is 83.0 cm³/mol. The van der Waals surface area contributed by atoms with Crippen molar-refractivity contribution in [2.45, 2.75) is 25.8 Å². The Kier molecular flexibility index (Phi) is 4.88. The Morgan fingerprint density at radius 3 is 2.71 bits per heavy atom. The molecule has 0 N–H and O–H groups in total. The molecule has 1 aromatic carbocycles. The standard InChI is InChI=1S/C16H21ClN2O2/c1-4-19-14(20)9-8-13(16(21)18(2)3)15(19)11-6-5-7-12(17)10-11/h5-7,10,13,15H,4,8-9H2,1-3H3/t13-,15+/m1/s1. The maximum absolute atomic E-state index is 12.5. The van der Waals surface area contributed by atoms with Crippen LogP contribution in [0.5, 0.6) is 0 Å². The highest BCUT2D eigenvalue weighted by molar-refractivity contribution is 6.30. The summed E-state index contributed by atoms with van der Waals surface area (Å²) in [5.74, 6) is -0.0488. The molecule has 0 radical (unpaired) electrons. The monoisotopic (exact) mass is 308 g/mol. The van der Waals surface area contributed by atoms with Crippen LogP contribution in [0.4, 0.5) is 0 Å². The summed E-state index contributed by atoms with van der Waals surface area (Å²) in [6.45, 7) is 2.53. The Morgan fingerprint density at radius 1 is 1.43 bits per heavy atom. The van der Waals surface area contributed by atoms with Crippen molar-refractivity contribution in [3.8, 4) is 0 Å². The van der Waals surface area contributed by atoms with E-state index in [4.69, 9.17) is 11.6 Å². The minimum Gasteiger partial charge on any atom is -0.349 e. The minimum absolute atomic E-state index is 0.0610. The molecule has 114 valence electrons. The second-order valence-corrected chi connectivity index (χ2v) is 5.99. The summed E-state index contributed by atoms with van der Waals surface area (Å²) in [5, 5.41) is 0.623. The van der Waals surface area contributed by atoms with Gasteiger partial charge in [-0.15, -0.1) is 0 Å². The van der Waals surface area contributed by atoms with Gasteiger partial charge >= 0.3 is 0 Å². The Morgan fingerprint density at radius 2 is 2.14 bits per heavy atom. The number of hydrogen-bond acceptors (Lipinski definition) is 2. The fourth-order valence-corrected chi connectivity index (χ4v) is 3.22.